The summed E-state index contributed by atoms with van der Waals surface area (Å²) >= 11 is 1.33. The third-order valence-corrected chi connectivity index (χ3v) is 4.33. The molecule has 0 aliphatic heterocycles. The van der Waals surface area contributed by atoms with Crippen LogP contribution in [0, 0.1) is 13.8 Å². The number of aryl methyl sites for hydroxylation is 1. The van der Waals surface area contributed by atoms with Gasteiger partial charge in [0.1, 0.15) is 10.8 Å². The summed E-state index contributed by atoms with van der Waals surface area (Å²) in [5.41, 5.74) is 6.95. The average Bonchev–Trinajstić information content (AvgIpc) is 2.73. The van der Waals surface area contributed by atoms with Crippen molar-refractivity contribution in [1.29, 1.82) is 0 Å². The molecule has 1 heterocycles. The van der Waals surface area contributed by atoms with Crippen LogP contribution in [0.2, 0.25) is 0 Å². The Morgan fingerprint density at radius 1 is 1.24 bits per heavy atom. The van der Waals surface area contributed by atoms with Gasteiger partial charge in [0.05, 0.1) is 18.2 Å². The van der Waals surface area contributed by atoms with Crippen LogP contribution in [-0.2, 0) is 0 Å². The molecule has 6 heteroatoms. The molecule has 0 aliphatic rings. The number of nitrogens with two attached hydrogens (primary N) is 1. The first-order chi connectivity index (χ1) is 9.95. The number of carbonyl (C=O) groups excluding carboxylic acids is 2. The minimum Gasteiger partial charge on any atom is -0.496 e. The Labute approximate surface area is 126 Å². The van der Waals surface area contributed by atoms with Crippen LogP contribution in [-0.4, -0.2) is 18.9 Å². The Kier molecular flexibility index (Phi) is 4.28. The molecule has 0 saturated heterocycles. The number of primary amides is 1. The van der Waals surface area contributed by atoms with Gasteiger partial charge in [0.25, 0.3) is 11.8 Å². The van der Waals surface area contributed by atoms with Crippen molar-refractivity contribution < 1.29 is 14.3 Å². The van der Waals surface area contributed by atoms with E-state index in [0.717, 1.165) is 10.4 Å². The molecule has 0 spiro atoms. The SMILES string of the molecule is COc1ccccc1C(=O)Nc1sc(C)c(C)c1C(N)=O. The lowest BCUT2D eigenvalue weighted by molar-refractivity contribution is 0.100. The van der Waals surface area contributed by atoms with Crippen molar-refractivity contribution in [1.82, 2.24) is 0 Å². The van der Waals surface area contributed by atoms with E-state index < -0.39 is 5.91 Å². The Hall–Kier alpha value is -2.34. The Balaban J connectivity index is 2.36. The first kappa shape index (κ1) is 15.1. The van der Waals surface area contributed by atoms with Gasteiger partial charge in [-0.3, -0.25) is 9.59 Å². The van der Waals surface area contributed by atoms with E-state index in [4.69, 9.17) is 10.5 Å². The van der Waals surface area contributed by atoms with Gasteiger partial charge >= 0.3 is 0 Å². The number of hydrogen-bond donors (Lipinski definition) is 2. The van der Waals surface area contributed by atoms with E-state index in [2.05, 4.69) is 5.32 Å². The minimum absolute atomic E-state index is 0.337. The standard InChI is InChI=1S/C15H16N2O3S/c1-8-9(2)21-15(12(8)13(16)18)17-14(19)10-6-4-5-7-11(10)20-3/h4-7H,1-3H3,(H2,16,18)(H,17,19). The molecule has 2 aromatic rings. The van der Waals surface area contributed by atoms with Crippen LogP contribution >= 0.6 is 11.3 Å². The molecule has 1 aromatic heterocycles. The third-order valence-electron chi connectivity index (χ3n) is 3.21. The van der Waals surface area contributed by atoms with Crippen molar-refractivity contribution >= 4 is 28.2 Å². The topological polar surface area (TPSA) is 81.4 Å². The molecule has 1 aromatic carbocycles. The van der Waals surface area contributed by atoms with E-state index in [1.54, 1.807) is 24.3 Å². The molecular weight excluding hydrogens is 288 g/mol. The van der Waals surface area contributed by atoms with Gasteiger partial charge in [-0.2, -0.15) is 0 Å². The van der Waals surface area contributed by atoms with Gasteiger partial charge in [-0.1, -0.05) is 12.1 Å². The molecule has 0 fully saturated rings. The number of rotatable bonds is 4. The lowest BCUT2D eigenvalue weighted by Gasteiger charge is -2.08. The van der Waals surface area contributed by atoms with Gasteiger partial charge < -0.3 is 15.8 Å². The first-order valence-electron chi connectivity index (χ1n) is 6.29. The highest BCUT2D eigenvalue weighted by Crippen LogP contribution is 2.32. The van der Waals surface area contributed by atoms with Gasteiger partial charge in [0.2, 0.25) is 0 Å². The van der Waals surface area contributed by atoms with Gasteiger partial charge in [-0.05, 0) is 31.5 Å². The van der Waals surface area contributed by atoms with Gasteiger partial charge in [-0.25, -0.2) is 0 Å². The molecule has 2 rings (SSSR count). The summed E-state index contributed by atoms with van der Waals surface area (Å²) < 4.78 is 5.16. The maximum atomic E-state index is 12.4. The van der Waals surface area contributed by atoms with Crippen LogP contribution in [0.15, 0.2) is 24.3 Å². The number of amides is 2. The summed E-state index contributed by atoms with van der Waals surface area (Å²) in [5, 5.41) is 3.21. The number of nitrogens with one attached hydrogen (secondary N) is 1. The number of thiophene rings is 1. The summed E-state index contributed by atoms with van der Waals surface area (Å²) in [6, 6.07) is 6.89. The summed E-state index contributed by atoms with van der Waals surface area (Å²) in [6.45, 7) is 3.69. The summed E-state index contributed by atoms with van der Waals surface area (Å²) in [4.78, 5) is 24.8. The molecule has 110 valence electrons. The molecule has 0 aliphatic carbocycles. The largest absolute Gasteiger partial charge is 0.496 e. The van der Waals surface area contributed by atoms with E-state index in [1.165, 1.54) is 18.4 Å². The van der Waals surface area contributed by atoms with E-state index in [1.807, 2.05) is 13.8 Å². The van der Waals surface area contributed by atoms with Crippen LogP contribution in [0.25, 0.3) is 0 Å². The lowest BCUT2D eigenvalue weighted by atomic mass is 10.1. The van der Waals surface area contributed by atoms with Gasteiger partial charge in [0, 0.05) is 4.88 Å². The normalized spacial score (nSPS) is 10.2. The van der Waals surface area contributed by atoms with Crippen LogP contribution in [0.5, 0.6) is 5.75 Å². The fourth-order valence-corrected chi connectivity index (χ4v) is 3.08. The lowest BCUT2D eigenvalue weighted by Crippen LogP contribution is -2.17. The Morgan fingerprint density at radius 2 is 1.90 bits per heavy atom. The van der Waals surface area contributed by atoms with Crippen molar-refractivity contribution in [3.63, 3.8) is 0 Å². The maximum absolute atomic E-state index is 12.4. The number of ether oxygens (including phenoxy) is 1. The van der Waals surface area contributed by atoms with Crippen LogP contribution in [0.3, 0.4) is 0 Å². The van der Waals surface area contributed by atoms with Crippen LogP contribution < -0.4 is 15.8 Å². The zero-order valence-corrected chi connectivity index (χ0v) is 12.8. The molecule has 21 heavy (non-hydrogen) atoms. The van der Waals surface area contributed by atoms with Crippen molar-refractivity contribution in [2.45, 2.75) is 13.8 Å². The van der Waals surface area contributed by atoms with E-state index in [0.29, 0.717) is 21.9 Å². The highest BCUT2D eigenvalue weighted by Gasteiger charge is 2.20. The molecule has 0 unspecified atom stereocenters. The van der Waals surface area contributed by atoms with Gasteiger partial charge in [0.15, 0.2) is 0 Å². The fourth-order valence-electron chi connectivity index (χ4n) is 2.01. The summed E-state index contributed by atoms with van der Waals surface area (Å²) in [6.07, 6.45) is 0. The second-order valence-electron chi connectivity index (χ2n) is 4.51. The number of para-hydroxylation sites is 1. The number of hydrogen-bond acceptors (Lipinski definition) is 4. The van der Waals surface area contributed by atoms with Crippen molar-refractivity contribution in [2.24, 2.45) is 5.73 Å². The number of carbonyl (C=O) groups is 2. The monoisotopic (exact) mass is 304 g/mol. The Morgan fingerprint density at radius 3 is 2.52 bits per heavy atom. The molecule has 5 nitrogen and oxygen atoms in total. The predicted molar refractivity (Wildman–Crippen MR) is 83.3 cm³/mol. The molecule has 0 saturated carbocycles. The zero-order valence-electron chi connectivity index (χ0n) is 12.0. The smallest absolute Gasteiger partial charge is 0.260 e. The molecule has 0 radical (unpaired) electrons. The highest BCUT2D eigenvalue weighted by molar-refractivity contribution is 7.16. The maximum Gasteiger partial charge on any atom is 0.260 e. The molecule has 2 amide bonds. The fraction of sp³-hybridized carbons (Fsp3) is 0.200. The van der Waals surface area contributed by atoms with E-state index in [-0.39, 0.29) is 5.91 Å². The van der Waals surface area contributed by atoms with Crippen molar-refractivity contribution in [3.8, 4) is 5.75 Å². The zero-order chi connectivity index (χ0) is 15.6. The summed E-state index contributed by atoms with van der Waals surface area (Å²) in [5.74, 6) is -0.413. The number of anilines is 1. The van der Waals surface area contributed by atoms with Crippen molar-refractivity contribution in [3.05, 3.63) is 45.8 Å². The van der Waals surface area contributed by atoms with E-state index in [9.17, 15) is 9.59 Å². The van der Waals surface area contributed by atoms with Crippen LogP contribution in [0.1, 0.15) is 31.2 Å². The average molecular weight is 304 g/mol. The second kappa shape index (κ2) is 5.97. The van der Waals surface area contributed by atoms with Crippen LogP contribution in [0.4, 0.5) is 5.00 Å². The minimum atomic E-state index is -0.549. The number of methoxy groups -OCH3 is 1. The Bertz CT molecular complexity index is 707. The third kappa shape index (κ3) is 2.90. The predicted octanol–water partition coefficient (Wildman–Crippen LogP) is 2.72. The first-order valence-corrected chi connectivity index (χ1v) is 7.11. The van der Waals surface area contributed by atoms with E-state index >= 15 is 0 Å². The quantitative estimate of drug-likeness (QED) is 0.911. The second-order valence-corrected chi connectivity index (χ2v) is 5.73. The number of benzene rings is 1. The molecular formula is C15H16N2O3S. The molecule has 3 N–H and O–H groups in total. The highest BCUT2D eigenvalue weighted by atomic mass is 32.1. The van der Waals surface area contributed by atoms with Crippen molar-refractivity contribution in [2.75, 3.05) is 12.4 Å². The molecule has 0 atom stereocenters. The summed E-state index contributed by atoms with van der Waals surface area (Å²) in [7, 11) is 1.50. The molecule has 0 bridgehead atoms. The van der Waals surface area contributed by atoms with Gasteiger partial charge in [-0.15, -0.1) is 11.3 Å².